The number of benzene rings is 3. The fourth-order valence-electron chi connectivity index (χ4n) is 5.60. The molecule has 0 saturated heterocycles. The summed E-state index contributed by atoms with van der Waals surface area (Å²) in [6.07, 6.45) is 8.84. The van der Waals surface area contributed by atoms with E-state index in [-0.39, 0.29) is 34.6 Å². The molecule has 5 heteroatoms. The number of allylic oxidation sites excluding steroid dienone is 2. The lowest BCUT2D eigenvalue weighted by atomic mass is 9.91. The first kappa shape index (κ1) is 25.6. The Morgan fingerprint density at radius 1 is 0.784 bits per heavy atom. The molecule has 0 amide bonds. The van der Waals surface area contributed by atoms with Crippen molar-refractivity contribution >= 4 is 0 Å². The number of ether oxygens (including phenoxy) is 1. The van der Waals surface area contributed by atoms with Crippen LogP contribution >= 0.6 is 0 Å². The fourth-order valence-corrected chi connectivity index (χ4v) is 5.60. The van der Waals surface area contributed by atoms with E-state index in [0.717, 1.165) is 30.6 Å². The molecule has 0 spiro atoms. The molecule has 0 aromatic heterocycles. The van der Waals surface area contributed by atoms with Crippen molar-refractivity contribution in [3.05, 3.63) is 93.8 Å². The maximum absolute atomic E-state index is 15.3. The second-order valence-electron chi connectivity index (χ2n) is 10.2. The predicted molar refractivity (Wildman–Crippen MR) is 139 cm³/mol. The van der Waals surface area contributed by atoms with Crippen LogP contribution in [-0.2, 0) is 17.6 Å². The number of hydrogen-bond acceptors (Lipinski definition) is 1. The van der Waals surface area contributed by atoms with Crippen LogP contribution in [0.1, 0.15) is 80.5 Å². The van der Waals surface area contributed by atoms with Gasteiger partial charge in [0, 0.05) is 29.0 Å². The molecule has 37 heavy (non-hydrogen) atoms. The van der Waals surface area contributed by atoms with E-state index in [1.807, 2.05) is 19.1 Å². The van der Waals surface area contributed by atoms with Crippen LogP contribution in [0, 0.1) is 23.3 Å². The fraction of sp³-hybridized carbons (Fsp3) is 0.375. The van der Waals surface area contributed by atoms with Crippen LogP contribution in [0.15, 0.2) is 48.2 Å². The quantitative estimate of drug-likeness (QED) is 0.170. The Hall–Kier alpha value is -3.08. The van der Waals surface area contributed by atoms with Crippen molar-refractivity contribution < 1.29 is 22.3 Å². The highest BCUT2D eigenvalue weighted by atomic mass is 19.2. The van der Waals surface area contributed by atoms with Crippen molar-refractivity contribution in [1.29, 1.82) is 0 Å². The average Bonchev–Trinajstić information content (AvgIpc) is 3.28. The van der Waals surface area contributed by atoms with Gasteiger partial charge in [0.25, 0.3) is 0 Å². The molecular weight excluding hydrogens is 476 g/mol. The zero-order valence-corrected chi connectivity index (χ0v) is 21.4. The number of unbranched alkanes of at least 4 members (excludes halogenated alkanes) is 2. The normalized spacial score (nSPS) is 16.3. The van der Waals surface area contributed by atoms with Crippen LogP contribution in [0.5, 0.6) is 0 Å². The van der Waals surface area contributed by atoms with E-state index in [1.54, 1.807) is 24.3 Å². The van der Waals surface area contributed by atoms with Crippen molar-refractivity contribution in [2.45, 2.75) is 71.1 Å². The van der Waals surface area contributed by atoms with Gasteiger partial charge >= 0.3 is 0 Å². The number of halogens is 4. The predicted octanol–water partition coefficient (Wildman–Crippen LogP) is 9.40. The molecule has 3 aromatic carbocycles. The molecule has 0 radical (unpaired) electrons. The number of fused-ring (bicyclic) bond motifs is 3. The van der Waals surface area contributed by atoms with Gasteiger partial charge in [-0.3, -0.25) is 0 Å². The maximum atomic E-state index is 15.3. The Bertz CT molecular complexity index is 1340. The van der Waals surface area contributed by atoms with E-state index < -0.39 is 23.3 Å². The van der Waals surface area contributed by atoms with E-state index in [2.05, 4.69) is 13.0 Å². The molecule has 1 nitrogen and oxygen atoms in total. The zero-order chi connectivity index (χ0) is 26.1. The first-order valence-corrected chi connectivity index (χ1v) is 13.4. The molecule has 1 aliphatic heterocycles. The topological polar surface area (TPSA) is 9.23 Å². The number of rotatable bonds is 8. The van der Waals surface area contributed by atoms with Gasteiger partial charge in [0.1, 0.15) is 0 Å². The van der Waals surface area contributed by atoms with Gasteiger partial charge in [0.05, 0.1) is 12.4 Å². The third-order valence-corrected chi connectivity index (χ3v) is 7.62. The minimum Gasteiger partial charge on any atom is -0.498 e. The summed E-state index contributed by atoms with van der Waals surface area (Å²) >= 11 is 0. The molecule has 0 fully saturated rings. The van der Waals surface area contributed by atoms with Crippen molar-refractivity contribution in [3.63, 3.8) is 0 Å². The van der Waals surface area contributed by atoms with Crippen LogP contribution in [0.2, 0.25) is 0 Å². The highest BCUT2D eigenvalue weighted by Gasteiger charge is 2.32. The summed E-state index contributed by atoms with van der Waals surface area (Å²) in [4.78, 5) is 0. The van der Waals surface area contributed by atoms with Gasteiger partial charge < -0.3 is 4.74 Å². The van der Waals surface area contributed by atoms with E-state index in [0.29, 0.717) is 36.1 Å². The van der Waals surface area contributed by atoms with E-state index in [9.17, 15) is 8.78 Å². The monoisotopic (exact) mass is 508 g/mol. The van der Waals surface area contributed by atoms with E-state index >= 15 is 8.78 Å². The van der Waals surface area contributed by atoms with Crippen molar-refractivity contribution in [2.75, 3.05) is 6.61 Å². The van der Waals surface area contributed by atoms with Gasteiger partial charge in [-0.1, -0.05) is 63.4 Å². The molecule has 5 rings (SSSR count). The molecule has 0 bridgehead atoms. The highest BCUT2D eigenvalue weighted by molar-refractivity contribution is 5.82. The standard InChI is InChI=1S/C32H32F4O/c1-3-5-6-8-25-14-13-22(18-37-25)19-9-11-20(12-10-19)26-17-24-16-23-15-21(7-4-2)29(33)31(35)27(23)28(24)32(36)30(26)34/h9-12,14-15,17,22H,3-8,13,16,18H2,1-2H3. The smallest absolute Gasteiger partial charge is 0.167 e. The van der Waals surface area contributed by atoms with E-state index in [1.165, 1.54) is 12.8 Å². The zero-order valence-electron chi connectivity index (χ0n) is 21.4. The van der Waals surface area contributed by atoms with Crippen LogP contribution in [-0.4, -0.2) is 6.61 Å². The maximum Gasteiger partial charge on any atom is 0.167 e. The Kier molecular flexibility index (Phi) is 7.41. The van der Waals surface area contributed by atoms with Crippen LogP contribution in [0.4, 0.5) is 17.6 Å². The minimum atomic E-state index is -1.13. The lowest BCUT2D eigenvalue weighted by molar-refractivity contribution is 0.165. The molecule has 194 valence electrons. The van der Waals surface area contributed by atoms with Crippen molar-refractivity contribution in [3.8, 4) is 22.3 Å². The van der Waals surface area contributed by atoms with Gasteiger partial charge in [-0.25, -0.2) is 17.6 Å². The summed E-state index contributed by atoms with van der Waals surface area (Å²) in [5, 5.41) is 0. The summed E-state index contributed by atoms with van der Waals surface area (Å²) < 4.78 is 66.1. The van der Waals surface area contributed by atoms with Crippen molar-refractivity contribution in [2.24, 2.45) is 0 Å². The Labute approximate surface area is 216 Å². The highest BCUT2D eigenvalue weighted by Crippen LogP contribution is 2.45. The molecule has 1 aliphatic carbocycles. The lowest BCUT2D eigenvalue weighted by Gasteiger charge is -2.24. The summed E-state index contributed by atoms with van der Waals surface area (Å²) in [5.41, 5.74) is 2.70. The summed E-state index contributed by atoms with van der Waals surface area (Å²) in [5.74, 6) is -2.95. The van der Waals surface area contributed by atoms with Crippen LogP contribution in [0.25, 0.3) is 22.3 Å². The molecule has 3 aromatic rings. The average molecular weight is 509 g/mol. The second kappa shape index (κ2) is 10.7. The lowest BCUT2D eigenvalue weighted by Crippen LogP contribution is -2.12. The molecule has 1 atom stereocenters. The van der Waals surface area contributed by atoms with Gasteiger partial charge in [-0.05, 0) is 65.6 Å². The molecular formula is C32H32F4O. The van der Waals surface area contributed by atoms with Crippen LogP contribution in [0.3, 0.4) is 0 Å². The Morgan fingerprint density at radius 2 is 1.49 bits per heavy atom. The number of hydrogen-bond donors (Lipinski definition) is 0. The van der Waals surface area contributed by atoms with Crippen molar-refractivity contribution in [1.82, 2.24) is 0 Å². The first-order chi connectivity index (χ1) is 17.9. The molecule has 0 saturated carbocycles. The molecule has 1 heterocycles. The van der Waals surface area contributed by atoms with Crippen LogP contribution < -0.4 is 0 Å². The first-order valence-electron chi connectivity index (χ1n) is 13.4. The van der Waals surface area contributed by atoms with Gasteiger partial charge in [-0.15, -0.1) is 0 Å². The summed E-state index contributed by atoms with van der Waals surface area (Å²) in [6, 6.07) is 10.6. The van der Waals surface area contributed by atoms with Gasteiger partial charge in [0.15, 0.2) is 23.3 Å². The number of aryl methyl sites for hydroxylation is 1. The largest absolute Gasteiger partial charge is 0.498 e. The summed E-state index contributed by atoms with van der Waals surface area (Å²) in [6.45, 7) is 4.68. The Balaban J connectivity index is 1.40. The molecule has 2 aliphatic rings. The minimum absolute atomic E-state index is 0.128. The van der Waals surface area contributed by atoms with E-state index in [4.69, 9.17) is 4.74 Å². The molecule has 1 unspecified atom stereocenters. The molecule has 0 N–H and O–H groups in total. The third kappa shape index (κ3) is 4.81. The second-order valence-corrected chi connectivity index (χ2v) is 10.2. The Morgan fingerprint density at radius 3 is 2.14 bits per heavy atom. The third-order valence-electron chi connectivity index (χ3n) is 7.62. The summed E-state index contributed by atoms with van der Waals surface area (Å²) in [7, 11) is 0. The van der Waals surface area contributed by atoms with Gasteiger partial charge in [-0.2, -0.15) is 0 Å². The SMILES string of the molecule is CCCCCC1=CCC(c2ccc(-c3cc4c(c(F)c3F)-c3c(cc(CCC)c(F)c3F)C4)cc2)CO1. The van der Waals surface area contributed by atoms with Gasteiger partial charge in [0.2, 0.25) is 0 Å².